The molecule has 1 saturated heterocycles. The van der Waals surface area contributed by atoms with Crippen LogP contribution in [0, 0.1) is 5.41 Å². The normalized spacial score (nSPS) is 21.2. The Kier molecular flexibility index (Phi) is 3.59. The van der Waals surface area contributed by atoms with Crippen molar-refractivity contribution in [2.24, 2.45) is 12.5 Å². The first-order valence-corrected chi connectivity index (χ1v) is 6.60. The Morgan fingerprint density at radius 2 is 2.16 bits per heavy atom. The van der Waals surface area contributed by atoms with Gasteiger partial charge in [0.25, 0.3) is 5.56 Å². The largest absolute Gasteiger partial charge is 0.354 e. The van der Waals surface area contributed by atoms with Crippen molar-refractivity contribution < 1.29 is 4.79 Å². The second kappa shape index (κ2) is 5.03. The third-order valence-electron chi connectivity index (χ3n) is 4.20. The van der Waals surface area contributed by atoms with Crippen molar-refractivity contribution >= 4 is 11.7 Å². The van der Waals surface area contributed by atoms with E-state index in [2.05, 4.69) is 29.5 Å². The third-order valence-corrected chi connectivity index (χ3v) is 4.20. The number of aromatic nitrogens is 2. The van der Waals surface area contributed by atoms with Crippen molar-refractivity contribution in [1.29, 1.82) is 0 Å². The van der Waals surface area contributed by atoms with E-state index in [-0.39, 0.29) is 22.7 Å². The molecule has 2 N–H and O–H groups in total. The van der Waals surface area contributed by atoms with E-state index in [1.165, 1.54) is 4.57 Å². The first-order chi connectivity index (χ1) is 9.04. The van der Waals surface area contributed by atoms with Crippen molar-refractivity contribution in [3.63, 3.8) is 0 Å². The number of anilines is 1. The van der Waals surface area contributed by atoms with E-state index < -0.39 is 6.04 Å². The van der Waals surface area contributed by atoms with Crippen LogP contribution in [-0.4, -0.2) is 28.0 Å². The molecule has 6 heteroatoms. The number of nitrogens with zero attached hydrogens (tertiary/aromatic N) is 2. The number of amides is 1. The molecule has 1 aliphatic rings. The van der Waals surface area contributed by atoms with Gasteiger partial charge in [-0.05, 0) is 12.8 Å². The van der Waals surface area contributed by atoms with Crippen LogP contribution >= 0.6 is 0 Å². The fourth-order valence-corrected chi connectivity index (χ4v) is 2.61. The highest BCUT2D eigenvalue weighted by Crippen LogP contribution is 2.35. The Balaban J connectivity index is 2.33. The zero-order valence-electron chi connectivity index (χ0n) is 11.6. The molecule has 0 spiro atoms. The summed E-state index contributed by atoms with van der Waals surface area (Å²) >= 11 is 0. The van der Waals surface area contributed by atoms with E-state index in [1.54, 1.807) is 19.4 Å². The average molecular weight is 264 g/mol. The molecule has 1 aromatic heterocycles. The lowest BCUT2D eigenvalue weighted by Gasteiger charge is -2.31. The van der Waals surface area contributed by atoms with Crippen LogP contribution in [0.15, 0.2) is 17.2 Å². The van der Waals surface area contributed by atoms with Crippen molar-refractivity contribution in [1.82, 2.24) is 14.9 Å². The maximum absolute atomic E-state index is 12.0. The van der Waals surface area contributed by atoms with Gasteiger partial charge in [-0.25, -0.2) is 4.98 Å². The Morgan fingerprint density at radius 1 is 1.47 bits per heavy atom. The second-order valence-electron chi connectivity index (χ2n) is 5.06. The first kappa shape index (κ1) is 13.6. The number of carbonyl (C=O) groups is 1. The molecule has 0 radical (unpaired) electrons. The minimum absolute atomic E-state index is 0.0589. The molecule has 1 aliphatic heterocycles. The maximum Gasteiger partial charge on any atom is 0.293 e. The van der Waals surface area contributed by atoms with E-state index in [4.69, 9.17) is 0 Å². The molecule has 1 unspecified atom stereocenters. The molecule has 0 saturated carbocycles. The van der Waals surface area contributed by atoms with Gasteiger partial charge in [0.15, 0.2) is 5.82 Å². The van der Waals surface area contributed by atoms with E-state index >= 15 is 0 Å². The minimum atomic E-state index is -0.398. The molecular formula is C13H20N4O2. The van der Waals surface area contributed by atoms with Crippen molar-refractivity contribution in [2.45, 2.75) is 32.7 Å². The standard InChI is InChI=1S/C13H20N4O2/c1-4-13(5-2)8-15-11(18)9(13)16-10-12(19)17(3)7-6-14-10/h6-7,9H,4-5,8H2,1-3H3,(H,14,16)(H,15,18). The molecule has 2 heterocycles. The van der Waals surface area contributed by atoms with Gasteiger partial charge in [-0.15, -0.1) is 0 Å². The predicted molar refractivity (Wildman–Crippen MR) is 72.9 cm³/mol. The zero-order valence-corrected chi connectivity index (χ0v) is 11.6. The van der Waals surface area contributed by atoms with Gasteiger partial charge in [-0.1, -0.05) is 13.8 Å². The van der Waals surface area contributed by atoms with Crippen LogP contribution in [0.1, 0.15) is 26.7 Å². The number of aryl methyl sites for hydroxylation is 1. The van der Waals surface area contributed by atoms with Crippen LogP contribution < -0.4 is 16.2 Å². The smallest absolute Gasteiger partial charge is 0.293 e. The Morgan fingerprint density at radius 3 is 2.79 bits per heavy atom. The summed E-state index contributed by atoms with van der Waals surface area (Å²) in [6.07, 6.45) is 4.88. The summed E-state index contributed by atoms with van der Waals surface area (Å²) in [5.41, 5.74) is -0.372. The fourth-order valence-electron chi connectivity index (χ4n) is 2.61. The summed E-state index contributed by atoms with van der Waals surface area (Å²) in [7, 11) is 1.66. The number of rotatable bonds is 4. The van der Waals surface area contributed by atoms with Gasteiger partial charge in [-0.2, -0.15) is 0 Å². The van der Waals surface area contributed by atoms with Gasteiger partial charge in [0.2, 0.25) is 5.91 Å². The van der Waals surface area contributed by atoms with E-state index in [0.717, 1.165) is 12.8 Å². The highest BCUT2D eigenvalue weighted by atomic mass is 16.2. The van der Waals surface area contributed by atoms with Crippen LogP contribution in [0.3, 0.4) is 0 Å². The maximum atomic E-state index is 12.0. The fraction of sp³-hybridized carbons (Fsp3) is 0.615. The molecule has 19 heavy (non-hydrogen) atoms. The molecule has 1 atom stereocenters. The van der Waals surface area contributed by atoms with Crippen LogP contribution in [0.2, 0.25) is 0 Å². The van der Waals surface area contributed by atoms with Crippen LogP contribution in [0.5, 0.6) is 0 Å². The van der Waals surface area contributed by atoms with E-state index in [1.807, 2.05) is 0 Å². The monoisotopic (exact) mass is 264 g/mol. The van der Waals surface area contributed by atoms with Crippen LogP contribution in [-0.2, 0) is 11.8 Å². The van der Waals surface area contributed by atoms with Crippen molar-refractivity contribution in [2.75, 3.05) is 11.9 Å². The first-order valence-electron chi connectivity index (χ1n) is 6.60. The third kappa shape index (κ3) is 2.22. The lowest BCUT2D eigenvalue weighted by atomic mass is 9.78. The molecule has 1 fully saturated rings. The number of nitrogens with one attached hydrogen (secondary N) is 2. The molecule has 1 amide bonds. The number of hydrogen-bond donors (Lipinski definition) is 2. The minimum Gasteiger partial charge on any atom is -0.354 e. The topological polar surface area (TPSA) is 76.0 Å². The SMILES string of the molecule is CCC1(CC)CNC(=O)C1Nc1nccn(C)c1=O. The van der Waals surface area contributed by atoms with E-state index in [9.17, 15) is 9.59 Å². The molecule has 1 aromatic rings. The quantitative estimate of drug-likeness (QED) is 0.830. The zero-order chi connectivity index (χ0) is 14.0. The highest BCUT2D eigenvalue weighted by Gasteiger charge is 2.46. The summed E-state index contributed by atoms with van der Waals surface area (Å²) in [5.74, 6) is 0.176. The number of hydrogen-bond acceptors (Lipinski definition) is 4. The van der Waals surface area contributed by atoms with Gasteiger partial charge in [0.05, 0.1) is 0 Å². The van der Waals surface area contributed by atoms with Crippen LogP contribution in [0.25, 0.3) is 0 Å². The Labute approximate surface area is 112 Å². The van der Waals surface area contributed by atoms with Gasteiger partial charge in [0.1, 0.15) is 6.04 Å². The predicted octanol–water partition coefficient (Wildman–Crippen LogP) is 0.497. The Hall–Kier alpha value is -1.85. The van der Waals surface area contributed by atoms with Gasteiger partial charge in [0, 0.05) is 31.4 Å². The van der Waals surface area contributed by atoms with Crippen molar-refractivity contribution in [3.8, 4) is 0 Å². The highest BCUT2D eigenvalue weighted by molar-refractivity contribution is 5.87. The molecular weight excluding hydrogens is 244 g/mol. The number of carbonyl (C=O) groups excluding carboxylic acids is 1. The van der Waals surface area contributed by atoms with Gasteiger partial charge in [-0.3, -0.25) is 9.59 Å². The summed E-state index contributed by atoms with van der Waals surface area (Å²) in [5, 5.41) is 5.91. The molecule has 0 aromatic carbocycles. The second-order valence-corrected chi connectivity index (χ2v) is 5.06. The lowest BCUT2D eigenvalue weighted by Crippen LogP contribution is -2.43. The van der Waals surface area contributed by atoms with Gasteiger partial charge < -0.3 is 15.2 Å². The lowest BCUT2D eigenvalue weighted by molar-refractivity contribution is -0.120. The summed E-state index contributed by atoms with van der Waals surface area (Å²) in [6.45, 7) is 4.77. The van der Waals surface area contributed by atoms with E-state index in [0.29, 0.717) is 6.54 Å². The molecule has 6 nitrogen and oxygen atoms in total. The van der Waals surface area contributed by atoms with Crippen molar-refractivity contribution in [3.05, 3.63) is 22.7 Å². The molecule has 0 bridgehead atoms. The summed E-state index contributed by atoms with van der Waals surface area (Å²) < 4.78 is 1.45. The summed E-state index contributed by atoms with van der Waals surface area (Å²) in [4.78, 5) is 28.0. The molecule has 0 aliphatic carbocycles. The molecule has 104 valence electrons. The Bertz CT molecular complexity index is 534. The molecule has 2 rings (SSSR count). The average Bonchev–Trinajstić information content (AvgIpc) is 2.73. The van der Waals surface area contributed by atoms with Crippen LogP contribution in [0.4, 0.5) is 5.82 Å². The van der Waals surface area contributed by atoms with Gasteiger partial charge >= 0.3 is 0 Å². The summed E-state index contributed by atoms with van der Waals surface area (Å²) in [6, 6.07) is -0.398.